The quantitative estimate of drug-likeness (QED) is 0.662. The van der Waals surface area contributed by atoms with E-state index in [1.807, 2.05) is 23.6 Å². The molecule has 138 valence electrons. The highest BCUT2D eigenvalue weighted by molar-refractivity contribution is 7.10. The van der Waals surface area contributed by atoms with Crippen LogP contribution in [-0.2, 0) is 14.4 Å². The van der Waals surface area contributed by atoms with Gasteiger partial charge in [-0.2, -0.15) is 0 Å². The highest BCUT2D eigenvalue weighted by Gasteiger charge is 2.28. The summed E-state index contributed by atoms with van der Waals surface area (Å²) in [5.41, 5.74) is 0.725. The van der Waals surface area contributed by atoms with Crippen LogP contribution in [0.1, 0.15) is 42.8 Å². The van der Waals surface area contributed by atoms with Crippen molar-refractivity contribution in [3.8, 4) is 0 Å². The SMILES string of the molecule is CC(=O)NC(CC(=O)NC(c1ccccc1)C(C)C(=O)O)c1cccs1. The van der Waals surface area contributed by atoms with Crippen LogP contribution in [0.3, 0.4) is 0 Å². The van der Waals surface area contributed by atoms with E-state index in [0.717, 1.165) is 10.4 Å². The van der Waals surface area contributed by atoms with Gasteiger partial charge in [-0.3, -0.25) is 14.4 Å². The van der Waals surface area contributed by atoms with E-state index in [1.165, 1.54) is 18.3 Å². The molecule has 0 radical (unpaired) electrons. The molecule has 1 aromatic heterocycles. The second kappa shape index (κ2) is 9.15. The third kappa shape index (κ3) is 5.42. The first-order valence-corrected chi connectivity index (χ1v) is 9.14. The van der Waals surface area contributed by atoms with Crippen LogP contribution in [0.25, 0.3) is 0 Å². The molecule has 7 heteroatoms. The van der Waals surface area contributed by atoms with E-state index >= 15 is 0 Å². The number of hydrogen-bond donors (Lipinski definition) is 3. The van der Waals surface area contributed by atoms with Crippen LogP contribution in [-0.4, -0.2) is 22.9 Å². The molecule has 0 aliphatic heterocycles. The van der Waals surface area contributed by atoms with Gasteiger partial charge in [-0.1, -0.05) is 36.4 Å². The van der Waals surface area contributed by atoms with Gasteiger partial charge in [0.1, 0.15) is 0 Å². The summed E-state index contributed by atoms with van der Waals surface area (Å²) in [7, 11) is 0. The molecule has 0 spiro atoms. The minimum Gasteiger partial charge on any atom is -0.481 e. The first kappa shape index (κ1) is 19.7. The van der Waals surface area contributed by atoms with E-state index < -0.39 is 24.0 Å². The van der Waals surface area contributed by atoms with Gasteiger partial charge < -0.3 is 15.7 Å². The second-order valence-corrected chi connectivity index (χ2v) is 7.03. The lowest BCUT2D eigenvalue weighted by atomic mass is 9.94. The van der Waals surface area contributed by atoms with Gasteiger partial charge in [-0.15, -0.1) is 11.3 Å². The maximum Gasteiger partial charge on any atom is 0.308 e. The lowest BCUT2D eigenvalue weighted by Gasteiger charge is -2.24. The van der Waals surface area contributed by atoms with E-state index in [-0.39, 0.29) is 18.2 Å². The van der Waals surface area contributed by atoms with Crippen LogP contribution in [0, 0.1) is 5.92 Å². The number of carboxylic acid groups (broad SMARTS) is 1. The third-order valence-electron chi connectivity index (χ3n) is 4.02. The monoisotopic (exact) mass is 374 g/mol. The summed E-state index contributed by atoms with van der Waals surface area (Å²) in [6.45, 7) is 2.96. The minimum absolute atomic E-state index is 0.0375. The molecule has 3 N–H and O–H groups in total. The maximum atomic E-state index is 12.6. The molecule has 2 rings (SSSR count). The Kier molecular flexibility index (Phi) is 6.91. The third-order valence-corrected chi connectivity index (χ3v) is 5.00. The van der Waals surface area contributed by atoms with Gasteiger partial charge >= 0.3 is 5.97 Å². The van der Waals surface area contributed by atoms with Crippen molar-refractivity contribution in [1.82, 2.24) is 10.6 Å². The highest BCUT2D eigenvalue weighted by Crippen LogP contribution is 2.25. The molecule has 0 aliphatic carbocycles. The predicted octanol–water partition coefficient (Wildman–Crippen LogP) is 2.89. The average Bonchev–Trinajstić information content (AvgIpc) is 3.13. The molecule has 0 saturated heterocycles. The van der Waals surface area contributed by atoms with Crippen molar-refractivity contribution in [2.24, 2.45) is 5.92 Å². The topological polar surface area (TPSA) is 95.5 Å². The normalized spacial score (nSPS) is 14.1. The number of hydrogen-bond acceptors (Lipinski definition) is 4. The molecule has 1 heterocycles. The smallest absolute Gasteiger partial charge is 0.308 e. The largest absolute Gasteiger partial charge is 0.481 e. The van der Waals surface area contributed by atoms with Crippen molar-refractivity contribution >= 4 is 29.1 Å². The summed E-state index contributed by atoms with van der Waals surface area (Å²) in [6.07, 6.45) is 0.0375. The van der Waals surface area contributed by atoms with E-state index in [0.29, 0.717) is 0 Å². The Labute approximate surface area is 156 Å². The summed E-state index contributed by atoms with van der Waals surface area (Å²) >= 11 is 1.45. The molecular weight excluding hydrogens is 352 g/mol. The Morgan fingerprint density at radius 2 is 1.77 bits per heavy atom. The number of rotatable bonds is 8. The van der Waals surface area contributed by atoms with Crippen molar-refractivity contribution in [1.29, 1.82) is 0 Å². The molecule has 0 fully saturated rings. The lowest BCUT2D eigenvalue weighted by Crippen LogP contribution is -2.38. The molecule has 2 amide bonds. The Morgan fingerprint density at radius 1 is 1.08 bits per heavy atom. The van der Waals surface area contributed by atoms with Crippen LogP contribution < -0.4 is 10.6 Å². The number of aliphatic carboxylic acids is 1. The second-order valence-electron chi connectivity index (χ2n) is 6.06. The van der Waals surface area contributed by atoms with Crippen molar-refractivity contribution in [2.75, 3.05) is 0 Å². The van der Waals surface area contributed by atoms with Crippen molar-refractivity contribution in [3.63, 3.8) is 0 Å². The molecule has 0 aliphatic rings. The fourth-order valence-electron chi connectivity index (χ4n) is 2.68. The van der Waals surface area contributed by atoms with Crippen molar-refractivity contribution in [3.05, 3.63) is 58.3 Å². The fourth-order valence-corrected chi connectivity index (χ4v) is 3.45. The molecule has 3 atom stereocenters. The van der Waals surface area contributed by atoms with Crippen LogP contribution >= 0.6 is 11.3 Å². The van der Waals surface area contributed by atoms with E-state index in [1.54, 1.807) is 31.2 Å². The first-order chi connectivity index (χ1) is 12.4. The number of carbonyl (C=O) groups excluding carboxylic acids is 2. The molecule has 0 saturated carbocycles. The predicted molar refractivity (Wildman–Crippen MR) is 99.6 cm³/mol. The summed E-state index contributed by atoms with van der Waals surface area (Å²) in [5, 5.41) is 16.8. The Hall–Kier alpha value is -2.67. The van der Waals surface area contributed by atoms with Crippen LogP contribution in [0.5, 0.6) is 0 Å². The average molecular weight is 374 g/mol. The van der Waals surface area contributed by atoms with Crippen LogP contribution in [0.2, 0.25) is 0 Å². The van der Waals surface area contributed by atoms with Crippen molar-refractivity contribution in [2.45, 2.75) is 32.4 Å². The summed E-state index contributed by atoms with van der Waals surface area (Å²) in [4.78, 5) is 36.4. The Bertz CT molecular complexity index is 746. The minimum atomic E-state index is -0.990. The summed E-state index contributed by atoms with van der Waals surface area (Å²) in [5.74, 6) is -2.33. The Morgan fingerprint density at radius 3 is 2.31 bits per heavy atom. The first-order valence-electron chi connectivity index (χ1n) is 8.26. The van der Waals surface area contributed by atoms with E-state index in [4.69, 9.17) is 0 Å². The van der Waals surface area contributed by atoms with Crippen LogP contribution in [0.4, 0.5) is 0 Å². The zero-order chi connectivity index (χ0) is 19.1. The summed E-state index contributed by atoms with van der Waals surface area (Å²) in [6, 6.07) is 11.6. The molecule has 3 unspecified atom stereocenters. The lowest BCUT2D eigenvalue weighted by molar-refractivity contribution is -0.142. The summed E-state index contributed by atoms with van der Waals surface area (Å²) < 4.78 is 0. The van der Waals surface area contributed by atoms with Gasteiger partial charge in [0, 0.05) is 11.8 Å². The molecule has 26 heavy (non-hydrogen) atoms. The van der Waals surface area contributed by atoms with Crippen molar-refractivity contribution < 1.29 is 19.5 Å². The molecule has 0 bridgehead atoms. The number of benzene rings is 1. The number of nitrogens with one attached hydrogen (secondary N) is 2. The van der Waals surface area contributed by atoms with Gasteiger partial charge in [-0.25, -0.2) is 0 Å². The molecule has 2 aromatic rings. The van der Waals surface area contributed by atoms with E-state index in [2.05, 4.69) is 10.6 Å². The molecular formula is C19H22N2O4S. The number of carbonyl (C=O) groups is 3. The Balaban J connectivity index is 2.15. The standard InChI is InChI=1S/C19H22N2O4S/c1-12(19(24)25)18(14-7-4-3-5-8-14)21-17(23)11-15(20-13(2)22)16-9-6-10-26-16/h3-10,12,15,18H,11H2,1-2H3,(H,20,22)(H,21,23)(H,24,25). The highest BCUT2D eigenvalue weighted by atomic mass is 32.1. The molecule has 1 aromatic carbocycles. The van der Waals surface area contributed by atoms with Gasteiger partial charge in [0.05, 0.1) is 24.4 Å². The zero-order valence-corrected chi connectivity index (χ0v) is 15.5. The fraction of sp³-hybridized carbons (Fsp3) is 0.316. The zero-order valence-electron chi connectivity index (χ0n) is 14.6. The van der Waals surface area contributed by atoms with Gasteiger partial charge in [0.2, 0.25) is 11.8 Å². The van der Waals surface area contributed by atoms with Crippen LogP contribution in [0.15, 0.2) is 47.8 Å². The number of amides is 2. The number of thiophene rings is 1. The molecule has 6 nitrogen and oxygen atoms in total. The van der Waals surface area contributed by atoms with Gasteiger partial charge in [0.15, 0.2) is 0 Å². The van der Waals surface area contributed by atoms with E-state index in [9.17, 15) is 19.5 Å². The number of carboxylic acids is 1. The maximum absolute atomic E-state index is 12.6. The van der Waals surface area contributed by atoms with Gasteiger partial charge in [-0.05, 0) is 23.9 Å². The van der Waals surface area contributed by atoms with Gasteiger partial charge in [0.25, 0.3) is 0 Å².